The number of aromatic nitrogens is 1. The van der Waals surface area contributed by atoms with E-state index >= 15 is 0 Å². The zero-order valence-corrected chi connectivity index (χ0v) is 7.54. The number of halogens is 1. The molecule has 0 spiro atoms. The van der Waals surface area contributed by atoms with E-state index in [-0.39, 0.29) is 3.79 Å². The van der Waals surface area contributed by atoms with Gasteiger partial charge in [0.1, 0.15) is 0 Å². The predicted molar refractivity (Wildman–Crippen MR) is 50.4 cm³/mol. The molecule has 0 aliphatic carbocycles. The molecular weight excluding hydrogens is 226 g/mol. The molecule has 0 atom stereocenters. The van der Waals surface area contributed by atoms with Crippen molar-refractivity contribution in [2.24, 2.45) is 0 Å². The number of aryl methyl sites for hydroxylation is 1. The lowest BCUT2D eigenvalue weighted by Crippen LogP contribution is -1.85. The van der Waals surface area contributed by atoms with Crippen LogP contribution >= 0.6 is 27.3 Å². The Morgan fingerprint density at radius 2 is 2.82 bits per heavy atom. The lowest BCUT2D eigenvalue weighted by Gasteiger charge is -1.90. The molecule has 2 nitrogen and oxygen atoms in total. The fourth-order valence-corrected chi connectivity index (χ4v) is 1.59. The third kappa shape index (κ3) is 2.17. The van der Waals surface area contributed by atoms with Crippen LogP contribution in [0.25, 0.3) is 0 Å². The van der Waals surface area contributed by atoms with Crippen LogP contribution in [0.4, 0.5) is 0 Å². The molecule has 62 valence electrons. The first-order valence-corrected chi connectivity index (χ1v) is 4.06. The summed E-state index contributed by atoms with van der Waals surface area (Å²) in [6.07, 6.45) is -6.21. The zero-order valence-electron chi connectivity index (χ0n) is 15.1. The Morgan fingerprint density at radius 1 is 1.91 bits per heavy atom. The Morgan fingerprint density at radius 3 is 3.55 bits per heavy atom. The largest absolute Gasteiger partial charge is 0.473 e. The summed E-state index contributed by atoms with van der Waals surface area (Å²) in [6, 6.07) is 0. The maximum atomic E-state index is 7.76. The second kappa shape index (κ2) is 4.07. The molecular formula is C7H10BrNOS. The van der Waals surface area contributed by atoms with Gasteiger partial charge in [-0.2, -0.15) is 0 Å². The van der Waals surface area contributed by atoms with E-state index in [1.165, 1.54) is 0 Å². The summed E-state index contributed by atoms with van der Waals surface area (Å²) in [7, 11) is -2.80. The van der Waals surface area contributed by atoms with Crippen molar-refractivity contribution < 1.29 is 18.4 Å². The van der Waals surface area contributed by atoms with Crippen LogP contribution in [0.2, 0.25) is 0 Å². The maximum Gasteiger partial charge on any atom is 0.274 e. The number of thiazole rings is 1. The van der Waals surface area contributed by atoms with Gasteiger partial charge < -0.3 is 4.74 Å². The maximum absolute atomic E-state index is 7.76. The van der Waals surface area contributed by atoms with E-state index in [1.54, 1.807) is 0 Å². The number of nitrogens with zero attached hydrogens (tertiary/aromatic N) is 1. The molecule has 0 aromatic carbocycles. The average Bonchev–Trinajstić information content (AvgIpc) is 2.54. The van der Waals surface area contributed by atoms with Crippen molar-refractivity contribution >= 4 is 27.3 Å². The van der Waals surface area contributed by atoms with E-state index in [2.05, 4.69) is 25.7 Å². The highest BCUT2D eigenvalue weighted by Crippen LogP contribution is 2.30. The lowest BCUT2D eigenvalue weighted by molar-refractivity contribution is 0.410. The third-order valence-electron chi connectivity index (χ3n) is 0.834. The number of hydrogen-bond acceptors (Lipinski definition) is 3. The van der Waals surface area contributed by atoms with Crippen LogP contribution in [-0.4, -0.2) is 12.0 Å². The van der Waals surface area contributed by atoms with Gasteiger partial charge in [0.05, 0.1) is 20.6 Å². The van der Waals surface area contributed by atoms with Crippen LogP contribution in [0, 0.1) is 0 Å². The van der Waals surface area contributed by atoms with Crippen molar-refractivity contribution in [1.29, 1.82) is 0 Å². The molecule has 4 heteroatoms. The van der Waals surface area contributed by atoms with Gasteiger partial charge in [-0.15, -0.1) is 0 Å². The monoisotopic (exact) mass is 245 g/mol. The van der Waals surface area contributed by atoms with Crippen molar-refractivity contribution in [1.82, 2.24) is 4.98 Å². The van der Waals surface area contributed by atoms with Crippen molar-refractivity contribution in [3.8, 4) is 5.19 Å². The summed E-state index contributed by atoms with van der Waals surface area (Å²) in [5.41, 5.74) is -0.562. The number of ether oxygens (including phenoxy) is 1. The molecule has 0 saturated carbocycles. The molecule has 0 fully saturated rings. The minimum absolute atomic E-state index is 0.0418. The first kappa shape index (κ1) is 2.45. The van der Waals surface area contributed by atoms with E-state index in [9.17, 15) is 0 Å². The smallest absolute Gasteiger partial charge is 0.274 e. The molecule has 11 heavy (non-hydrogen) atoms. The number of rotatable bonds is 3. The summed E-state index contributed by atoms with van der Waals surface area (Å²) in [5, 5.41) is -0.415. The van der Waals surface area contributed by atoms with Crippen molar-refractivity contribution in [3.63, 3.8) is 0 Å². The number of hydrogen-bond donors (Lipinski definition) is 0. The summed E-state index contributed by atoms with van der Waals surface area (Å²) in [6.45, 7) is -3.23. The number of methoxy groups -OCH3 is 1. The minimum atomic E-state index is -3.23. The van der Waals surface area contributed by atoms with E-state index < -0.39 is 37.5 Å². The molecule has 1 rings (SSSR count). The molecule has 0 unspecified atom stereocenters. The molecule has 0 saturated heterocycles. The van der Waals surface area contributed by atoms with Gasteiger partial charge in [0.2, 0.25) is 0 Å². The highest BCUT2D eigenvalue weighted by atomic mass is 79.9. The van der Waals surface area contributed by atoms with Gasteiger partial charge in [0.25, 0.3) is 5.19 Å². The second-order valence-electron chi connectivity index (χ2n) is 1.45. The Labute approximate surface area is 92.8 Å². The first-order valence-electron chi connectivity index (χ1n) is 7.45. The van der Waals surface area contributed by atoms with Crippen molar-refractivity contribution in [2.45, 2.75) is 19.6 Å². The fraction of sp³-hybridized carbons (Fsp3) is 0.571. The average molecular weight is 246 g/mol. The third-order valence-corrected chi connectivity index (χ3v) is 2.42. The standard InChI is InChI=1S/C7H10BrNOS/c1-3-4-5-6(8)11-7(9-5)10-2/h3-4H2,1-2H3/i1D3,2D3,3D2,4D2. The molecule has 0 aliphatic heterocycles. The van der Waals surface area contributed by atoms with Crippen molar-refractivity contribution in [3.05, 3.63) is 9.48 Å². The topological polar surface area (TPSA) is 22.1 Å². The highest BCUT2D eigenvalue weighted by molar-refractivity contribution is 9.11. The Kier molecular flexibility index (Phi) is 0.906. The summed E-state index contributed by atoms with van der Waals surface area (Å²) in [4.78, 5) is 3.57. The highest BCUT2D eigenvalue weighted by Gasteiger charge is 2.06. The molecule has 0 aliphatic rings. The molecule has 0 amide bonds. The van der Waals surface area contributed by atoms with Crippen LogP contribution in [-0.2, 0) is 6.37 Å². The normalized spacial score (nSPS) is 28.5. The van der Waals surface area contributed by atoms with Gasteiger partial charge >= 0.3 is 0 Å². The van der Waals surface area contributed by atoms with E-state index in [1.807, 2.05) is 0 Å². The SMILES string of the molecule is [2H]C([2H])([2H])Oc1nc(C([2H])([2H])C([2H])([2H])C([2H])([2H])[2H])c(Br)s1. The fourth-order valence-electron chi connectivity index (χ4n) is 0.463. The van der Waals surface area contributed by atoms with Gasteiger partial charge in [-0.05, 0) is 22.3 Å². The van der Waals surface area contributed by atoms with E-state index in [0.29, 0.717) is 11.3 Å². The van der Waals surface area contributed by atoms with Crippen molar-refractivity contribution in [2.75, 3.05) is 7.04 Å². The predicted octanol–water partition coefficient (Wildman–Crippen LogP) is 2.87. The Hall–Kier alpha value is -0.0900. The minimum Gasteiger partial charge on any atom is -0.473 e. The van der Waals surface area contributed by atoms with Crippen LogP contribution in [0.5, 0.6) is 5.19 Å². The van der Waals surface area contributed by atoms with Gasteiger partial charge in [-0.3, -0.25) is 0 Å². The summed E-state index contributed by atoms with van der Waals surface area (Å²) < 4.78 is 77.2. The van der Waals surface area contributed by atoms with Gasteiger partial charge in [-0.25, -0.2) is 4.98 Å². The molecule has 1 heterocycles. The van der Waals surface area contributed by atoms with Gasteiger partial charge in [0.15, 0.2) is 0 Å². The van der Waals surface area contributed by atoms with Crippen LogP contribution in [0.1, 0.15) is 32.6 Å². The molecule has 0 radical (unpaired) electrons. The van der Waals surface area contributed by atoms with Crippen LogP contribution in [0.15, 0.2) is 3.79 Å². The Balaban J connectivity index is 3.27. The second-order valence-corrected chi connectivity index (χ2v) is 3.73. The van der Waals surface area contributed by atoms with E-state index in [0.717, 1.165) is 0 Å². The molecule has 0 N–H and O–H groups in total. The van der Waals surface area contributed by atoms with Crippen LogP contribution in [0.3, 0.4) is 0 Å². The Bertz CT molecular complexity index is 520. The first-order chi connectivity index (χ1) is 9.09. The molecule has 0 bridgehead atoms. The molecule has 1 aromatic rings. The zero-order chi connectivity index (χ0) is 16.9. The summed E-state index contributed by atoms with van der Waals surface area (Å²) in [5.74, 6) is 0. The van der Waals surface area contributed by atoms with E-state index in [4.69, 9.17) is 13.7 Å². The lowest BCUT2D eigenvalue weighted by atomic mass is 10.3. The molecule has 1 aromatic heterocycles. The summed E-state index contributed by atoms with van der Waals surface area (Å²) >= 11 is 3.55. The van der Waals surface area contributed by atoms with Gasteiger partial charge in [-0.1, -0.05) is 24.6 Å². The quantitative estimate of drug-likeness (QED) is 0.818. The van der Waals surface area contributed by atoms with Crippen LogP contribution < -0.4 is 4.74 Å². The van der Waals surface area contributed by atoms with Gasteiger partial charge in [0, 0.05) is 9.60 Å².